The van der Waals surface area contributed by atoms with Crippen molar-refractivity contribution in [3.05, 3.63) is 35.4 Å². The van der Waals surface area contributed by atoms with Gasteiger partial charge < -0.3 is 4.90 Å². The Balaban J connectivity index is 1.87. The van der Waals surface area contributed by atoms with Gasteiger partial charge >= 0.3 is 0 Å². The maximum absolute atomic E-state index is 11.9. The predicted octanol–water partition coefficient (Wildman–Crippen LogP) is 4.15. The molecule has 1 aliphatic heterocycles. The van der Waals surface area contributed by atoms with E-state index in [1.165, 1.54) is 11.1 Å². The van der Waals surface area contributed by atoms with Crippen molar-refractivity contribution in [3.63, 3.8) is 0 Å². The van der Waals surface area contributed by atoms with Crippen LogP contribution < -0.4 is 0 Å². The van der Waals surface area contributed by atoms with Gasteiger partial charge in [-0.3, -0.25) is 4.79 Å². The van der Waals surface area contributed by atoms with Crippen LogP contribution in [-0.4, -0.2) is 30.3 Å². The number of carbonyl (C=O) groups excluding carboxylic acids is 1. The van der Waals surface area contributed by atoms with Crippen LogP contribution in [0.2, 0.25) is 0 Å². The summed E-state index contributed by atoms with van der Waals surface area (Å²) >= 11 is 0. The Morgan fingerprint density at radius 3 is 2.09 bits per heavy atom. The highest BCUT2D eigenvalue weighted by Gasteiger charge is 2.29. The van der Waals surface area contributed by atoms with Crippen LogP contribution in [0.4, 0.5) is 0 Å². The Kier molecular flexibility index (Phi) is 5.80. The topological polar surface area (TPSA) is 20.3 Å². The molecule has 122 valence electrons. The molecule has 0 radical (unpaired) electrons. The van der Waals surface area contributed by atoms with Crippen LogP contribution >= 0.6 is 0 Å². The minimum atomic E-state index is 0.196. The number of rotatable bonds is 5. The second-order valence-corrected chi connectivity index (χ2v) is 7.63. The monoisotopic (exact) mass is 301 g/mol. The van der Waals surface area contributed by atoms with E-state index in [0.717, 1.165) is 26.1 Å². The molecule has 0 spiro atoms. The summed E-state index contributed by atoms with van der Waals surface area (Å²) in [4.78, 5) is 14.4. The van der Waals surface area contributed by atoms with Gasteiger partial charge in [0.2, 0.25) is 0 Å². The molecule has 3 unspecified atom stereocenters. The molecule has 2 heteroatoms. The van der Waals surface area contributed by atoms with Crippen molar-refractivity contribution >= 4 is 5.78 Å². The number of nitrogens with zero attached hydrogens (tertiary/aromatic N) is 1. The fourth-order valence-corrected chi connectivity index (χ4v) is 3.61. The summed E-state index contributed by atoms with van der Waals surface area (Å²) in [6.07, 6.45) is 1.12. The number of ketones is 1. The van der Waals surface area contributed by atoms with E-state index >= 15 is 0 Å². The van der Waals surface area contributed by atoms with Crippen LogP contribution in [0.3, 0.4) is 0 Å². The number of hydrogen-bond acceptors (Lipinski definition) is 2. The highest BCUT2D eigenvalue weighted by molar-refractivity contribution is 5.83. The van der Waals surface area contributed by atoms with Crippen molar-refractivity contribution in [2.45, 2.75) is 47.0 Å². The molecule has 1 heterocycles. The third-order valence-electron chi connectivity index (χ3n) is 4.84. The lowest BCUT2D eigenvalue weighted by molar-refractivity contribution is -0.130. The highest BCUT2D eigenvalue weighted by atomic mass is 16.1. The van der Waals surface area contributed by atoms with Gasteiger partial charge in [-0.25, -0.2) is 0 Å². The van der Waals surface area contributed by atoms with Gasteiger partial charge in [0.05, 0.1) is 0 Å². The molecule has 0 N–H and O–H groups in total. The van der Waals surface area contributed by atoms with E-state index in [0.29, 0.717) is 17.6 Å². The second-order valence-electron chi connectivity index (χ2n) is 7.63. The number of carbonyl (C=O) groups is 1. The molecule has 22 heavy (non-hydrogen) atoms. The SMILES string of the molecule is CC(Cc1ccc(C(C)C)cc1)CN1CC(C)C(=O)C(C)C1. The van der Waals surface area contributed by atoms with E-state index in [9.17, 15) is 4.79 Å². The summed E-state index contributed by atoms with van der Waals surface area (Å²) in [5, 5.41) is 0. The van der Waals surface area contributed by atoms with Crippen molar-refractivity contribution in [3.8, 4) is 0 Å². The summed E-state index contributed by atoms with van der Waals surface area (Å²) in [5.41, 5.74) is 2.83. The predicted molar refractivity (Wildman–Crippen MR) is 93.2 cm³/mol. The smallest absolute Gasteiger partial charge is 0.141 e. The molecule has 1 aromatic rings. The summed E-state index contributed by atoms with van der Waals surface area (Å²) in [5.74, 6) is 2.05. The van der Waals surface area contributed by atoms with Crippen molar-refractivity contribution in [1.82, 2.24) is 4.90 Å². The van der Waals surface area contributed by atoms with E-state index in [1.807, 2.05) is 0 Å². The van der Waals surface area contributed by atoms with Gasteiger partial charge in [0, 0.05) is 31.5 Å². The highest BCUT2D eigenvalue weighted by Crippen LogP contribution is 2.21. The van der Waals surface area contributed by atoms with Crippen molar-refractivity contribution in [2.75, 3.05) is 19.6 Å². The Labute approximate surface area is 135 Å². The lowest BCUT2D eigenvalue weighted by Gasteiger charge is -2.35. The summed E-state index contributed by atoms with van der Waals surface area (Å²) in [6, 6.07) is 9.07. The van der Waals surface area contributed by atoms with E-state index in [-0.39, 0.29) is 11.8 Å². The first-order valence-corrected chi connectivity index (χ1v) is 8.71. The largest absolute Gasteiger partial charge is 0.302 e. The fraction of sp³-hybridized carbons (Fsp3) is 0.650. The third-order valence-corrected chi connectivity index (χ3v) is 4.84. The quantitative estimate of drug-likeness (QED) is 0.814. The van der Waals surface area contributed by atoms with Crippen LogP contribution in [0.25, 0.3) is 0 Å². The van der Waals surface area contributed by atoms with Crippen molar-refractivity contribution in [2.24, 2.45) is 17.8 Å². The Bertz CT molecular complexity index is 477. The second kappa shape index (κ2) is 7.41. The van der Waals surface area contributed by atoms with E-state index in [1.54, 1.807) is 0 Å². The lowest BCUT2D eigenvalue weighted by Crippen LogP contribution is -2.46. The fourth-order valence-electron chi connectivity index (χ4n) is 3.61. The van der Waals surface area contributed by atoms with Crippen molar-refractivity contribution in [1.29, 1.82) is 0 Å². The van der Waals surface area contributed by atoms with Crippen LogP contribution in [0.5, 0.6) is 0 Å². The first-order valence-electron chi connectivity index (χ1n) is 8.71. The van der Waals surface area contributed by atoms with Gasteiger partial charge in [0.1, 0.15) is 5.78 Å². The number of Topliss-reactive ketones (excluding diaryl/α,β-unsaturated/α-hetero) is 1. The van der Waals surface area contributed by atoms with E-state index in [4.69, 9.17) is 0 Å². The molecule has 2 rings (SSSR count). The summed E-state index contributed by atoms with van der Waals surface area (Å²) in [6.45, 7) is 13.9. The molecule has 1 aromatic carbocycles. The zero-order chi connectivity index (χ0) is 16.3. The third kappa shape index (κ3) is 4.42. The Morgan fingerprint density at radius 2 is 1.59 bits per heavy atom. The van der Waals surface area contributed by atoms with Crippen LogP contribution in [-0.2, 0) is 11.2 Å². The van der Waals surface area contributed by atoms with E-state index in [2.05, 4.69) is 63.8 Å². The van der Waals surface area contributed by atoms with Gasteiger partial charge in [-0.15, -0.1) is 0 Å². The molecule has 0 aliphatic carbocycles. The number of piperidine rings is 1. The zero-order valence-electron chi connectivity index (χ0n) is 14.8. The molecule has 1 aliphatic rings. The van der Waals surface area contributed by atoms with Gasteiger partial charge in [-0.2, -0.15) is 0 Å². The van der Waals surface area contributed by atoms with Crippen LogP contribution in [0.15, 0.2) is 24.3 Å². The van der Waals surface area contributed by atoms with Gasteiger partial charge in [-0.05, 0) is 29.4 Å². The van der Waals surface area contributed by atoms with Gasteiger partial charge in [-0.1, -0.05) is 58.9 Å². The molecule has 1 fully saturated rings. The Morgan fingerprint density at radius 1 is 1.05 bits per heavy atom. The zero-order valence-corrected chi connectivity index (χ0v) is 14.8. The van der Waals surface area contributed by atoms with Crippen molar-refractivity contribution < 1.29 is 4.79 Å². The average Bonchev–Trinajstić information content (AvgIpc) is 2.45. The van der Waals surface area contributed by atoms with Gasteiger partial charge in [0.15, 0.2) is 0 Å². The molecular weight excluding hydrogens is 270 g/mol. The molecular formula is C20H31NO. The summed E-state index contributed by atoms with van der Waals surface area (Å²) in [7, 11) is 0. The number of likely N-dealkylation sites (tertiary alicyclic amines) is 1. The standard InChI is InChI=1S/C20H31NO/c1-14(2)19-8-6-18(7-9-19)10-15(3)11-21-12-16(4)20(22)17(5)13-21/h6-9,14-17H,10-13H2,1-5H3. The summed E-state index contributed by atoms with van der Waals surface area (Å²) < 4.78 is 0. The normalized spacial score (nSPS) is 24.7. The first kappa shape index (κ1) is 17.2. The molecule has 0 amide bonds. The lowest BCUT2D eigenvalue weighted by atomic mass is 9.89. The minimum Gasteiger partial charge on any atom is -0.302 e. The molecule has 0 saturated carbocycles. The maximum atomic E-state index is 11.9. The average molecular weight is 301 g/mol. The van der Waals surface area contributed by atoms with Gasteiger partial charge in [0.25, 0.3) is 0 Å². The molecule has 3 atom stereocenters. The number of benzene rings is 1. The molecule has 1 saturated heterocycles. The van der Waals surface area contributed by atoms with E-state index < -0.39 is 0 Å². The molecule has 2 nitrogen and oxygen atoms in total. The molecule has 0 bridgehead atoms. The maximum Gasteiger partial charge on any atom is 0.141 e. The molecule has 0 aromatic heterocycles. The first-order chi connectivity index (χ1) is 10.4. The van der Waals surface area contributed by atoms with Crippen LogP contribution in [0, 0.1) is 17.8 Å². The Hall–Kier alpha value is -1.15. The number of hydrogen-bond donors (Lipinski definition) is 0. The van der Waals surface area contributed by atoms with Crippen LogP contribution in [0.1, 0.15) is 51.7 Å². The minimum absolute atomic E-state index is 0.196.